The first-order chi connectivity index (χ1) is 16.1. The number of aromatic nitrogens is 1. The molecule has 7 heteroatoms. The molecule has 0 saturated heterocycles. The lowest BCUT2D eigenvalue weighted by Gasteiger charge is -2.40. The van der Waals surface area contributed by atoms with Gasteiger partial charge in [-0.15, -0.1) is 0 Å². The predicted octanol–water partition coefficient (Wildman–Crippen LogP) is 4.31. The van der Waals surface area contributed by atoms with Crippen LogP contribution >= 0.6 is 0 Å². The number of carbonyl (C=O) groups is 3. The van der Waals surface area contributed by atoms with Gasteiger partial charge in [0.05, 0.1) is 11.3 Å². The second-order valence-electron chi connectivity index (χ2n) is 8.23. The fourth-order valence-electron chi connectivity index (χ4n) is 4.77. The van der Waals surface area contributed by atoms with E-state index in [4.69, 9.17) is 0 Å². The largest absolute Gasteiger partial charge is 0.361 e. The van der Waals surface area contributed by atoms with E-state index in [1.54, 1.807) is 34.1 Å². The highest BCUT2D eigenvalue weighted by Crippen LogP contribution is 2.45. The minimum absolute atomic E-state index is 0.108. The van der Waals surface area contributed by atoms with Crippen molar-refractivity contribution in [3.63, 3.8) is 0 Å². The van der Waals surface area contributed by atoms with Gasteiger partial charge in [0.15, 0.2) is 0 Å². The molecule has 3 aromatic carbocycles. The molecule has 162 valence electrons. The maximum Gasteiger partial charge on any atom is 0.260 e. The zero-order valence-electron chi connectivity index (χ0n) is 17.6. The summed E-state index contributed by atoms with van der Waals surface area (Å²) in [6, 6.07) is 22.1. The van der Waals surface area contributed by atoms with Crippen LogP contribution in [0.25, 0.3) is 10.9 Å². The third kappa shape index (κ3) is 3.01. The third-order valence-electron chi connectivity index (χ3n) is 6.30. The second kappa shape index (κ2) is 7.34. The van der Waals surface area contributed by atoms with Gasteiger partial charge in [-0.05, 0) is 41.8 Å². The number of benzene rings is 3. The minimum Gasteiger partial charge on any atom is -0.361 e. The quantitative estimate of drug-likeness (QED) is 0.500. The molecule has 0 aliphatic carbocycles. The molecule has 3 heterocycles. The Morgan fingerprint density at radius 2 is 1.70 bits per heavy atom. The molecule has 2 aliphatic heterocycles. The van der Waals surface area contributed by atoms with E-state index in [2.05, 4.69) is 10.3 Å². The molecule has 0 radical (unpaired) electrons. The highest BCUT2D eigenvalue weighted by Gasteiger charge is 2.47. The summed E-state index contributed by atoms with van der Waals surface area (Å²) in [6.45, 7) is 0.187. The predicted molar refractivity (Wildman–Crippen MR) is 125 cm³/mol. The summed E-state index contributed by atoms with van der Waals surface area (Å²) in [4.78, 5) is 45.8. The van der Waals surface area contributed by atoms with Gasteiger partial charge in [0.2, 0.25) is 5.91 Å². The van der Waals surface area contributed by atoms with Gasteiger partial charge in [-0.2, -0.15) is 0 Å². The summed E-state index contributed by atoms with van der Waals surface area (Å²) >= 11 is 0. The Morgan fingerprint density at radius 1 is 0.909 bits per heavy atom. The van der Waals surface area contributed by atoms with Crippen LogP contribution in [0.4, 0.5) is 11.4 Å². The lowest BCUT2D eigenvalue weighted by atomic mass is 10.0. The van der Waals surface area contributed by atoms with E-state index in [1.165, 1.54) is 0 Å². The number of fused-ring (bicyclic) bond motifs is 6. The van der Waals surface area contributed by atoms with E-state index in [0.717, 1.165) is 16.5 Å². The number of nitrogens with one attached hydrogen (secondary N) is 2. The summed E-state index contributed by atoms with van der Waals surface area (Å²) in [5.74, 6) is -0.516. The SMILES string of the molecule is O=C(CCN1C(=O)c2ccccc2N2C(=O)c3ccccc3[C@H]12)Nc1ccc2cc[nH]c2c1. The van der Waals surface area contributed by atoms with Gasteiger partial charge < -0.3 is 15.2 Å². The molecule has 0 bridgehead atoms. The number of rotatable bonds is 4. The average molecular weight is 436 g/mol. The van der Waals surface area contributed by atoms with Gasteiger partial charge in [-0.1, -0.05) is 36.4 Å². The van der Waals surface area contributed by atoms with Gasteiger partial charge in [0, 0.05) is 41.5 Å². The van der Waals surface area contributed by atoms with Crippen molar-refractivity contribution in [2.24, 2.45) is 0 Å². The van der Waals surface area contributed by atoms with E-state index in [9.17, 15) is 14.4 Å². The fourth-order valence-corrected chi connectivity index (χ4v) is 4.77. The molecule has 0 spiro atoms. The van der Waals surface area contributed by atoms with Crippen LogP contribution in [-0.2, 0) is 4.79 Å². The van der Waals surface area contributed by atoms with Crippen molar-refractivity contribution in [1.82, 2.24) is 9.88 Å². The molecule has 0 unspecified atom stereocenters. The summed E-state index contributed by atoms with van der Waals surface area (Å²) in [5, 5.41) is 3.97. The number of H-pyrrole nitrogens is 1. The number of amides is 3. The van der Waals surface area contributed by atoms with Crippen molar-refractivity contribution < 1.29 is 14.4 Å². The van der Waals surface area contributed by atoms with E-state index < -0.39 is 6.17 Å². The molecular formula is C26H20N4O3. The van der Waals surface area contributed by atoms with Crippen molar-refractivity contribution >= 4 is 40.0 Å². The van der Waals surface area contributed by atoms with Crippen molar-refractivity contribution in [2.75, 3.05) is 16.8 Å². The molecule has 1 atom stereocenters. The van der Waals surface area contributed by atoms with Crippen LogP contribution in [0.5, 0.6) is 0 Å². The maximum absolute atomic E-state index is 13.4. The van der Waals surface area contributed by atoms with E-state index in [0.29, 0.717) is 22.5 Å². The van der Waals surface area contributed by atoms with Crippen LogP contribution in [0.1, 0.15) is 38.9 Å². The van der Waals surface area contributed by atoms with E-state index in [-0.39, 0.29) is 30.7 Å². The van der Waals surface area contributed by atoms with E-state index >= 15 is 0 Å². The number of para-hydroxylation sites is 1. The Morgan fingerprint density at radius 3 is 2.58 bits per heavy atom. The Balaban J connectivity index is 1.28. The summed E-state index contributed by atoms with van der Waals surface area (Å²) < 4.78 is 0. The molecule has 3 amide bonds. The lowest BCUT2D eigenvalue weighted by Crippen LogP contribution is -2.48. The van der Waals surface area contributed by atoms with Crippen LogP contribution in [0.2, 0.25) is 0 Å². The van der Waals surface area contributed by atoms with Gasteiger partial charge >= 0.3 is 0 Å². The summed E-state index contributed by atoms with van der Waals surface area (Å²) in [6.07, 6.45) is 1.40. The molecular weight excluding hydrogens is 416 g/mol. The Kier molecular flexibility index (Phi) is 4.29. The van der Waals surface area contributed by atoms with E-state index in [1.807, 2.05) is 54.7 Å². The molecule has 0 saturated carbocycles. The number of anilines is 2. The lowest BCUT2D eigenvalue weighted by molar-refractivity contribution is -0.116. The fraction of sp³-hybridized carbons (Fsp3) is 0.115. The Bertz CT molecular complexity index is 1440. The van der Waals surface area contributed by atoms with Crippen LogP contribution in [0, 0.1) is 0 Å². The number of hydrogen-bond donors (Lipinski definition) is 2. The van der Waals surface area contributed by atoms with Gasteiger partial charge in [-0.25, -0.2) is 0 Å². The molecule has 1 aromatic heterocycles. The topological polar surface area (TPSA) is 85.5 Å². The number of nitrogens with zero attached hydrogens (tertiary/aromatic N) is 2. The van der Waals surface area contributed by atoms with Crippen molar-refractivity contribution in [1.29, 1.82) is 0 Å². The molecule has 2 N–H and O–H groups in total. The van der Waals surface area contributed by atoms with Crippen molar-refractivity contribution in [3.05, 3.63) is 95.7 Å². The van der Waals surface area contributed by atoms with Gasteiger partial charge in [-0.3, -0.25) is 19.3 Å². The molecule has 4 aromatic rings. The minimum atomic E-state index is -0.556. The number of hydrogen-bond acceptors (Lipinski definition) is 3. The van der Waals surface area contributed by atoms with Crippen LogP contribution in [-0.4, -0.2) is 34.2 Å². The van der Waals surface area contributed by atoms with Crippen molar-refractivity contribution in [2.45, 2.75) is 12.6 Å². The van der Waals surface area contributed by atoms with Gasteiger partial charge in [0.25, 0.3) is 11.8 Å². The first-order valence-electron chi connectivity index (χ1n) is 10.8. The molecule has 6 rings (SSSR count). The Labute approximate surface area is 189 Å². The first kappa shape index (κ1) is 19.3. The highest BCUT2D eigenvalue weighted by molar-refractivity contribution is 6.16. The average Bonchev–Trinajstić information content (AvgIpc) is 3.42. The number of carbonyl (C=O) groups excluding carboxylic acids is 3. The Hall–Kier alpha value is -4.39. The second-order valence-corrected chi connectivity index (χ2v) is 8.23. The normalized spacial score (nSPS) is 16.5. The first-order valence-corrected chi connectivity index (χ1v) is 10.8. The van der Waals surface area contributed by atoms with Crippen molar-refractivity contribution in [3.8, 4) is 0 Å². The van der Waals surface area contributed by atoms with Crippen LogP contribution in [0.3, 0.4) is 0 Å². The standard InChI is InChI=1S/C26H20N4O3/c31-23(28-17-10-9-16-11-13-27-21(16)15-17)12-14-29-24-18-5-1-2-6-19(18)26(33)30(24)22-8-4-3-7-20(22)25(29)32/h1-11,13,15,24,27H,12,14H2,(H,28,31)/t24-/m1/s1. The van der Waals surface area contributed by atoms with Gasteiger partial charge in [0.1, 0.15) is 6.17 Å². The van der Waals surface area contributed by atoms with Crippen LogP contribution < -0.4 is 10.2 Å². The molecule has 0 fully saturated rings. The molecule has 2 aliphatic rings. The zero-order chi connectivity index (χ0) is 22.5. The smallest absolute Gasteiger partial charge is 0.260 e. The summed E-state index contributed by atoms with van der Waals surface area (Å²) in [7, 11) is 0. The highest BCUT2D eigenvalue weighted by atomic mass is 16.2. The molecule has 7 nitrogen and oxygen atoms in total. The van der Waals surface area contributed by atoms with Crippen LogP contribution in [0.15, 0.2) is 79.0 Å². The number of aromatic amines is 1. The molecule has 33 heavy (non-hydrogen) atoms. The monoisotopic (exact) mass is 436 g/mol. The maximum atomic E-state index is 13.4. The third-order valence-corrected chi connectivity index (χ3v) is 6.30. The zero-order valence-corrected chi connectivity index (χ0v) is 17.6. The summed E-state index contributed by atoms with van der Waals surface area (Å²) in [5.41, 5.74) is 4.06.